The molecule has 3 N–H and O–H groups in total. The molecule has 2 unspecified atom stereocenters. The van der Waals surface area contributed by atoms with Crippen molar-refractivity contribution in [2.24, 2.45) is 5.92 Å². The van der Waals surface area contributed by atoms with Gasteiger partial charge in [-0.05, 0) is 49.1 Å². The summed E-state index contributed by atoms with van der Waals surface area (Å²) < 4.78 is 0. The number of hydrogen-bond acceptors (Lipinski definition) is 3. The molecule has 1 aromatic carbocycles. The molecule has 0 bridgehead atoms. The van der Waals surface area contributed by atoms with Gasteiger partial charge in [-0.3, -0.25) is 4.79 Å². The van der Waals surface area contributed by atoms with E-state index in [0.29, 0.717) is 12.8 Å². The molecular weight excluding hydrogens is 388 g/mol. The number of aliphatic carboxylic acids is 1. The zero-order valence-corrected chi connectivity index (χ0v) is 18.1. The second-order valence-corrected chi connectivity index (χ2v) is 8.74. The van der Waals surface area contributed by atoms with Crippen molar-refractivity contribution in [1.29, 1.82) is 0 Å². The minimum atomic E-state index is -0.767. The third-order valence-electron chi connectivity index (χ3n) is 5.93. The summed E-state index contributed by atoms with van der Waals surface area (Å²) in [6, 6.07) is 7.98. The van der Waals surface area contributed by atoms with Crippen LogP contribution in [0, 0.1) is 5.92 Å². The zero-order valence-electron chi connectivity index (χ0n) is 17.3. The number of benzene rings is 1. The quantitative estimate of drug-likeness (QED) is 0.233. The molecule has 162 valence electrons. The monoisotopic (exact) mass is 422 g/mol. The molecule has 0 heterocycles. The molecule has 29 heavy (non-hydrogen) atoms. The maximum Gasteiger partial charge on any atom is 0.303 e. The molecular formula is C24H35ClO4. The van der Waals surface area contributed by atoms with Crippen molar-refractivity contribution in [3.05, 3.63) is 47.5 Å². The van der Waals surface area contributed by atoms with E-state index in [4.69, 9.17) is 16.7 Å². The number of alkyl halides is 1. The van der Waals surface area contributed by atoms with E-state index in [2.05, 4.69) is 13.0 Å². The fraction of sp³-hybridized carbons (Fsp3) is 0.625. The van der Waals surface area contributed by atoms with Crippen LogP contribution in [0.3, 0.4) is 0 Å². The van der Waals surface area contributed by atoms with Gasteiger partial charge in [0, 0.05) is 17.7 Å². The molecule has 1 fully saturated rings. The number of carboxylic acids is 1. The average Bonchev–Trinajstić information content (AvgIpc) is 2.97. The lowest BCUT2D eigenvalue weighted by Gasteiger charge is -2.23. The molecule has 0 spiro atoms. The number of allylic oxidation sites excluding steroid dienone is 2. The molecule has 1 saturated carbocycles. The molecule has 0 aromatic heterocycles. The van der Waals surface area contributed by atoms with Gasteiger partial charge in [-0.25, -0.2) is 0 Å². The summed E-state index contributed by atoms with van der Waals surface area (Å²) in [7, 11) is 0. The van der Waals surface area contributed by atoms with Crippen LogP contribution in [-0.4, -0.2) is 32.8 Å². The topological polar surface area (TPSA) is 77.8 Å². The number of unbranched alkanes of at least 4 members (excludes halogenated alkanes) is 3. The summed E-state index contributed by atoms with van der Waals surface area (Å²) in [5.41, 5.74) is 1.99. The molecule has 1 aliphatic rings. The maximum absolute atomic E-state index is 10.6. The van der Waals surface area contributed by atoms with E-state index < -0.39 is 18.2 Å². The lowest BCUT2D eigenvalue weighted by molar-refractivity contribution is -0.137. The van der Waals surface area contributed by atoms with Crippen molar-refractivity contribution in [3.8, 4) is 0 Å². The zero-order chi connectivity index (χ0) is 21.2. The largest absolute Gasteiger partial charge is 0.481 e. The predicted octanol–water partition coefficient (Wildman–Crippen LogP) is 5.57. The molecule has 1 aliphatic carbocycles. The highest BCUT2D eigenvalue weighted by Gasteiger charge is 2.41. The van der Waals surface area contributed by atoms with Gasteiger partial charge in [-0.2, -0.15) is 0 Å². The van der Waals surface area contributed by atoms with Crippen molar-refractivity contribution in [1.82, 2.24) is 0 Å². The Balaban J connectivity index is 1.96. The van der Waals surface area contributed by atoms with Crippen LogP contribution in [0.4, 0.5) is 0 Å². The highest BCUT2D eigenvalue weighted by atomic mass is 35.5. The highest BCUT2D eigenvalue weighted by molar-refractivity contribution is 6.21. The smallest absolute Gasteiger partial charge is 0.303 e. The fourth-order valence-corrected chi connectivity index (χ4v) is 4.71. The summed E-state index contributed by atoms with van der Waals surface area (Å²) in [6.07, 6.45) is 10.2. The first-order valence-electron chi connectivity index (χ1n) is 10.9. The van der Waals surface area contributed by atoms with Crippen molar-refractivity contribution < 1.29 is 20.1 Å². The fourth-order valence-electron chi connectivity index (χ4n) is 4.26. The minimum absolute atomic E-state index is 0.0209. The minimum Gasteiger partial charge on any atom is -0.481 e. The lowest BCUT2D eigenvalue weighted by atomic mass is 9.84. The first-order valence-corrected chi connectivity index (χ1v) is 11.3. The van der Waals surface area contributed by atoms with E-state index in [1.165, 1.54) is 0 Å². The Bertz CT molecular complexity index is 643. The van der Waals surface area contributed by atoms with E-state index in [-0.39, 0.29) is 23.6 Å². The van der Waals surface area contributed by atoms with Gasteiger partial charge in [0.05, 0.1) is 12.2 Å². The van der Waals surface area contributed by atoms with E-state index >= 15 is 0 Å². The summed E-state index contributed by atoms with van der Waals surface area (Å²) >= 11 is 6.54. The summed E-state index contributed by atoms with van der Waals surface area (Å²) in [5, 5.41) is 29.5. The standard InChI is InChI=1S/C24H35ClO4/c1-2-3-6-10-21(26)17-12-14-18(15-13-17)24-19(20(25)16-22(24)27)9-7-4-5-8-11-23(28)29/h4,7,12-15,19-22,24,26-27H,2-3,5-6,8-11,16H2,1H3,(H,28,29)/t19-,20+,21?,22?,24+/m0/s1. The molecule has 0 radical (unpaired) electrons. The van der Waals surface area contributed by atoms with Crippen LogP contribution >= 0.6 is 11.6 Å². The molecule has 1 aromatic rings. The van der Waals surface area contributed by atoms with Crippen LogP contribution in [-0.2, 0) is 4.79 Å². The normalized spacial score (nSPS) is 25.5. The van der Waals surface area contributed by atoms with Gasteiger partial charge < -0.3 is 15.3 Å². The second kappa shape index (κ2) is 12.4. The van der Waals surface area contributed by atoms with Gasteiger partial charge in [0.1, 0.15) is 0 Å². The number of carbonyl (C=O) groups is 1. The Morgan fingerprint density at radius 1 is 1.21 bits per heavy atom. The molecule has 2 rings (SSSR count). The molecule has 5 heteroatoms. The number of aliphatic hydroxyl groups is 2. The van der Waals surface area contributed by atoms with Crippen LogP contribution in [0.2, 0.25) is 0 Å². The van der Waals surface area contributed by atoms with Gasteiger partial charge in [0.2, 0.25) is 0 Å². The summed E-state index contributed by atoms with van der Waals surface area (Å²) in [6.45, 7) is 2.15. The predicted molar refractivity (Wildman–Crippen MR) is 117 cm³/mol. The van der Waals surface area contributed by atoms with Crippen LogP contribution in [0.5, 0.6) is 0 Å². The lowest BCUT2D eigenvalue weighted by Crippen LogP contribution is -2.18. The third kappa shape index (κ3) is 7.44. The van der Waals surface area contributed by atoms with Crippen LogP contribution in [0.15, 0.2) is 36.4 Å². The molecule has 0 saturated heterocycles. The Hall–Kier alpha value is -1.36. The van der Waals surface area contributed by atoms with Crippen molar-refractivity contribution in [3.63, 3.8) is 0 Å². The maximum atomic E-state index is 10.6. The first-order chi connectivity index (χ1) is 13.9. The van der Waals surface area contributed by atoms with Gasteiger partial charge >= 0.3 is 5.97 Å². The van der Waals surface area contributed by atoms with Gasteiger partial charge in [-0.1, -0.05) is 62.6 Å². The highest BCUT2D eigenvalue weighted by Crippen LogP contribution is 2.45. The number of rotatable bonds is 12. The first kappa shape index (κ1) is 23.9. The summed E-state index contributed by atoms with van der Waals surface area (Å²) in [4.78, 5) is 10.6. The summed E-state index contributed by atoms with van der Waals surface area (Å²) in [5.74, 6) is -0.646. The molecule has 4 nitrogen and oxygen atoms in total. The Morgan fingerprint density at radius 2 is 1.93 bits per heavy atom. The van der Waals surface area contributed by atoms with Crippen molar-refractivity contribution in [2.45, 2.75) is 88.2 Å². The number of hydrogen-bond donors (Lipinski definition) is 3. The number of carboxylic acid groups (broad SMARTS) is 1. The van der Waals surface area contributed by atoms with Crippen LogP contribution in [0.1, 0.15) is 87.9 Å². The second-order valence-electron chi connectivity index (χ2n) is 8.18. The average molecular weight is 423 g/mol. The van der Waals surface area contributed by atoms with Gasteiger partial charge in [-0.15, -0.1) is 11.6 Å². The van der Waals surface area contributed by atoms with E-state index in [1.807, 2.05) is 30.3 Å². The van der Waals surface area contributed by atoms with E-state index in [9.17, 15) is 15.0 Å². The van der Waals surface area contributed by atoms with Crippen molar-refractivity contribution >= 4 is 17.6 Å². The van der Waals surface area contributed by atoms with E-state index in [1.54, 1.807) is 0 Å². The molecule has 0 aliphatic heterocycles. The van der Waals surface area contributed by atoms with Gasteiger partial charge in [0.15, 0.2) is 0 Å². The Kier molecular flexibility index (Phi) is 10.2. The van der Waals surface area contributed by atoms with Crippen LogP contribution in [0.25, 0.3) is 0 Å². The third-order valence-corrected chi connectivity index (χ3v) is 6.43. The number of aliphatic hydroxyl groups excluding tert-OH is 2. The molecule has 5 atom stereocenters. The van der Waals surface area contributed by atoms with E-state index in [0.717, 1.165) is 49.7 Å². The Morgan fingerprint density at radius 3 is 2.59 bits per heavy atom. The Labute approximate surface area is 179 Å². The number of halogens is 1. The SMILES string of the molecule is CCCCCC(O)c1ccc([C@H]2C(O)C[C@@H](Cl)[C@@H]2CC=CCCCC(=O)O)cc1. The van der Waals surface area contributed by atoms with Crippen molar-refractivity contribution in [2.75, 3.05) is 0 Å². The van der Waals surface area contributed by atoms with Crippen LogP contribution < -0.4 is 0 Å². The molecule has 0 amide bonds. The van der Waals surface area contributed by atoms with Gasteiger partial charge in [0.25, 0.3) is 0 Å².